The summed E-state index contributed by atoms with van der Waals surface area (Å²) in [5, 5.41) is 0. The van der Waals surface area contributed by atoms with Gasteiger partial charge in [0, 0.05) is 0 Å². The van der Waals surface area contributed by atoms with E-state index in [1.165, 1.54) is 25.7 Å². The van der Waals surface area contributed by atoms with Gasteiger partial charge >= 0.3 is 0 Å². The molecule has 0 rings (SSSR count). The van der Waals surface area contributed by atoms with E-state index in [1.54, 1.807) is 0 Å². The van der Waals surface area contributed by atoms with E-state index in [0.717, 1.165) is 5.92 Å². The lowest BCUT2D eigenvalue weighted by Gasteiger charge is -2.19. The number of hydrogen-bond acceptors (Lipinski definition) is 0. The van der Waals surface area contributed by atoms with E-state index in [2.05, 4.69) is 62.3 Å². The zero-order chi connectivity index (χ0) is 14.9. The molecule has 0 heterocycles. The fourth-order valence-corrected chi connectivity index (χ4v) is 1.22. The molecule has 0 aliphatic carbocycles. The summed E-state index contributed by atoms with van der Waals surface area (Å²) in [7, 11) is 0. The third-order valence-electron chi connectivity index (χ3n) is 1.52. The van der Waals surface area contributed by atoms with Crippen LogP contribution in [0.2, 0.25) is 0 Å². The minimum absolute atomic E-state index is 0.522. The van der Waals surface area contributed by atoms with E-state index in [4.69, 9.17) is 0 Å². The first-order chi connectivity index (χ1) is 7.74. The normalized spacial score (nSPS) is 9.18. The Bertz CT molecular complexity index is 82.7. The first-order valence-electron chi connectivity index (χ1n) is 7.74. The summed E-state index contributed by atoms with van der Waals surface area (Å²) in [6.45, 7) is 24.0. The van der Waals surface area contributed by atoms with Crippen LogP contribution in [0.5, 0.6) is 0 Å². The smallest absolute Gasteiger partial charge is 0.0380 e. The number of rotatable bonds is 2. The summed E-state index contributed by atoms with van der Waals surface area (Å²) in [4.78, 5) is 0. The Labute approximate surface area is 114 Å². The van der Waals surface area contributed by atoms with Gasteiger partial charge in [-0.3, -0.25) is 0 Å². The van der Waals surface area contributed by atoms with Crippen molar-refractivity contribution in [2.45, 2.75) is 102 Å². The standard InChI is InChI=1S/C8H18.C4H10.C3H8.C2H6/c1-7(2)6-8(3,4)5;1-3-4-2;1-3-2;1-2/h7H,6H2,1-5H3;3-4H2,1-2H3;3H2,1-2H3;1-2H3. The van der Waals surface area contributed by atoms with Crippen LogP contribution in [0, 0.1) is 11.3 Å². The Balaban J connectivity index is -0.0000000792. The summed E-state index contributed by atoms with van der Waals surface area (Å²) in [5.41, 5.74) is 0.522. The van der Waals surface area contributed by atoms with Crippen LogP contribution >= 0.6 is 0 Å². The highest BCUT2D eigenvalue weighted by molar-refractivity contribution is 4.62. The molecule has 0 saturated heterocycles. The van der Waals surface area contributed by atoms with Crippen LogP contribution in [0.15, 0.2) is 0 Å². The molecule has 0 aliphatic rings. The highest BCUT2D eigenvalue weighted by Crippen LogP contribution is 2.23. The quantitative estimate of drug-likeness (QED) is 0.478. The summed E-state index contributed by atoms with van der Waals surface area (Å²) in [6, 6.07) is 0. The van der Waals surface area contributed by atoms with Crippen molar-refractivity contribution >= 4 is 0 Å². The minimum Gasteiger partial charge on any atom is -0.0683 e. The van der Waals surface area contributed by atoms with Crippen LogP contribution in [0.25, 0.3) is 0 Å². The molecule has 110 valence electrons. The van der Waals surface area contributed by atoms with Crippen molar-refractivity contribution in [2.75, 3.05) is 0 Å². The Morgan fingerprint density at radius 3 is 1.00 bits per heavy atom. The van der Waals surface area contributed by atoms with Gasteiger partial charge in [0.25, 0.3) is 0 Å². The monoisotopic (exact) mass is 246 g/mol. The second-order valence-corrected chi connectivity index (χ2v) is 5.87. The van der Waals surface area contributed by atoms with Crippen LogP contribution in [0.1, 0.15) is 102 Å². The van der Waals surface area contributed by atoms with Gasteiger partial charge in [0.15, 0.2) is 0 Å². The molecule has 0 fully saturated rings. The van der Waals surface area contributed by atoms with E-state index < -0.39 is 0 Å². The van der Waals surface area contributed by atoms with Crippen LogP contribution in [0.3, 0.4) is 0 Å². The predicted molar refractivity (Wildman–Crippen MR) is 86.8 cm³/mol. The van der Waals surface area contributed by atoms with Crippen molar-refractivity contribution in [3.8, 4) is 0 Å². The fourth-order valence-electron chi connectivity index (χ4n) is 1.22. The molecule has 0 amide bonds. The van der Waals surface area contributed by atoms with Crippen molar-refractivity contribution in [1.29, 1.82) is 0 Å². The summed E-state index contributed by atoms with van der Waals surface area (Å²) in [5.74, 6) is 0.843. The molecule has 0 saturated carbocycles. The molecule has 0 spiro atoms. The molecule has 0 N–H and O–H groups in total. The molecule has 0 bridgehead atoms. The predicted octanol–water partition coefficient (Wildman–Crippen LogP) is 7.33. The molecule has 0 aromatic heterocycles. The van der Waals surface area contributed by atoms with Gasteiger partial charge in [0.05, 0.1) is 0 Å². The topological polar surface area (TPSA) is 0 Å². The molecule has 0 atom stereocenters. The second kappa shape index (κ2) is 21.3. The van der Waals surface area contributed by atoms with E-state index in [0.29, 0.717) is 5.41 Å². The van der Waals surface area contributed by atoms with Gasteiger partial charge in [0.2, 0.25) is 0 Å². The van der Waals surface area contributed by atoms with Crippen LogP contribution in [-0.4, -0.2) is 0 Å². The summed E-state index contributed by atoms with van der Waals surface area (Å²) < 4.78 is 0. The molecule has 0 nitrogen and oxygen atoms in total. The molecule has 0 radical (unpaired) electrons. The van der Waals surface area contributed by atoms with E-state index in [-0.39, 0.29) is 0 Å². The Hall–Kier alpha value is 0. The molecule has 0 unspecified atom stereocenters. The summed E-state index contributed by atoms with van der Waals surface area (Å²) >= 11 is 0. The van der Waals surface area contributed by atoms with Gasteiger partial charge < -0.3 is 0 Å². The highest BCUT2D eigenvalue weighted by atomic mass is 14.2. The molecular weight excluding hydrogens is 204 g/mol. The third kappa shape index (κ3) is 87.1. The first kappa shape index (κ1) is 25.8. The first-order valence-corrected chi connectivity index (χ1v) is 7.74. The average molecular weight is 247 g/mol. The van der Waals surface area contributed by atoms with Gasteiger partial charge in [0.1, 0.15) is 0 Å². The van der Waals surface area contributed by atoms with Crippen molar-refractivity contribution in [3.05, 3.63) is 0 Å². The lowest BCUT2D eigenvalue weighted by molar-refractivity contribution is 0.320. The van der Waals surface area contributed by atoms with Gasteiger partial charge in [-0.2, -0.15) is 0 Å². The molecule has 17 heavy (non-hydrogen) atoms. The third-order valence-corrected chi connectivity index (χ3v) is 1.52. The second-order valence-electron chi connectivity index (χ2n) is 5.87. The lowest BCUT2D eigenvalue weighted by atomic mass is 9.86. The molecule has 0 aromatic rings. The maximum Gasteiger partial charge on any atom is -0.0380 e. The maximum absolute atomic E-state index is 2.28. The van der Waals surface area contributed by atoms with E-state index in [9.17, 15) is 0 Å². The maximum atomic E-state index is 2.28. The van der Waals surface area contributed by atoms with Crippen molar-refractivity contribution in [3.63, 3.8) is 0 Å². The van der Waals surface area contributed by atoms with Gasteiger partial charge in [-0.05, 0) is 17.8 Å². The lowest BCUT2D eigenvalue weighted by Crippen LogP contribution is -2.08. The minimum atomic E-state index is 0.522. The molecule has 0 aliphatic heterocycles. The Kier molecular flexibility index (Phi) is 32.3. The van der Waals surface area contributed by atoms with E-state index in [1.807, 2.05) is 13.8 Å². The van der Waals surface area contributed by atoms with Crippen molar-refractivity contribution in [2.24, 2.45) is 11.3 Å². The van der Waals surface area contributed by atoms with Crippen LogP contribution < -0.4 is 0 Å². The number of hydrogen-bond donors (Lipinski definition) is 0. The van der Waals surface area contributed by atoms with Gasteiger partial charge in [-0.15, -0.1) is 0 Å². The average Bonchev–Trinajstić information content (AvgIpc) is 2.19. The summed E-state index contributed by atoms with van der Waals surface area (Å²) in [6.07, 6.45) is 5.22. The van der Waals surface area contributed by atoms with Gasteiger partial charge in [-0.25, -0.2) is 0 Å². The largest absolute Gasteiger partial charge is 0.0683 e. The number of unbranched alkanes of at least 4 members (excludes halogenated alkanes) is 1. The Morgan fingerprint density at radius 1 is 0.765 bits per heavy atom. The molecule has 0 aromatic carbocycles. The van der Waals surface area contributed by atoms with Gasteiger partial charge in [-0.1, -0.05) is 95.4 Å². The SMILES string of the molecule is CC.CC(C)CC(C)(C)C.CCC.CCCC. The molecular formula is C17H42. The van der Waals surface area contributed by atoms with Crippen molar-refractivity contribution in [1.82, 2.24) is 0 Å². The highest BCUT2D eigenvalue weighted by Gasteiger charge is 2.11. The Morgan fingerprint density at radius 2 is 1.00 bits per heavy atom. The van der Waals surface area contributed by atoms with Crippen LogP contribution in [-0.2, 0) is 0 Å². The van der Waals surface area contributed by atoms with Crippen LogP contribution in [0.4, 0.5) is 0 Å². The zero-order valence-corrected chi connectivity index (χ0v) is 14.9. The van der Waals surface area contributed by atoms with E-state index >= 15 is 0 Å². The molecule has 0 heteroatoms. The zero-order valence-electron chi connectivity index (χ0n) is 14.9. The fraction of sp³-hybridized carbons (Fsp3) is 1.00. The van der Waals surface area contributed by atoms with Crippen molar-refractivity contribution < 1.29 is 0 Å².